The molecule has 9 heteroatoms. The number of aromatic amines is 1. The number of H-pyrrole nitrogens is 1. The Bertz CT molecular complexity index is 1210. The SMILES string of the molecule is CCCCn1c(=O)[nH]c(=O)c2c1nc(CCC(=O)Oc1ccccc1OC)n2CC(C)C. The largest absolute Gasteiger partial charge is 0.493 e. The Morgan fingerprint density at radius 2 is 1.88 bits per heavy atom. The number of ether oxygens (including phenoxy) is 2. The Morgan fingerprint density at radius 1 is 1.16 bits per heavy atom. The van der Waals surface area contributed by atoms with Gasteiger partial charge in [-0.05, 0) is 24.5 Å². The van der Waals surface area contributed by atoms with Gasteiger partial charge in [-0.3, -0.25) is 19.1 Å². The predicted molar refractivity (Wildman–Crippen MR) is 121 cm³/mol. The number of nitrogens with zero attached hydrogens (tertiary/aromatic N) is 3. The van der Waals surface area contributed by atoms with Crippen LogP contribution in [-0.2, 0) is 24.3 Å². The lowest BCUT2D eigenvalue weighted by Gasteiger charge is -2.12. The number of para-hydroxylation sites is 2. The Labute approximate surface area is 186 Å². The van der Waals surface area contributed by atoms with E-state index in [9.17, 15) is 14.4 Å². The van der Waals surface area contributed by atoms with E-state index in [4.69, 9.17) is 9.47 Å². The van der Waals surface area contributed by atoms with E-state index in [2.05, 4.69) is 9.97 Å². The minimum Gasteiger partial charge on any atom is -0.493 e. The molecule has 0 spiro atoms. The fraction of sp³-hybridized carbons (Fsp3) is 0.478. The van der Waals surface area contributed by atoms with Crippen molar-refractivity contribution < 1.29 is 14.3 Å². The van der Waals surface area contributed by atoms with Crippen molar-refractivity contribution in [2.45, 2.75) is 59.5 Å². The maximum absolute atomic E-state index is 12.7. The van der Waals surface area contributed by atoms with Gasteiger partial charge in [0.05, 0.1) is 13.5 Å². The Morgan fingerprint density at radius 3 is 2.53 bits per heavy atom. The highest BCUT2D eigenvalue weighted by Crippen LogP contribution is 2.26. The molecule has 2 aromatic heterocycles. The standard InChI is InChI=1S/C23H30N4O5/c1-5-6-13-26-21-20(22(29)25-23(26)30)27(14-15(2)3)18(24-21)11-12-19(28)32-17-10-8-7-9-16(17)31-4/h7-10,15H,5-6,11-14H2,1-4H3,(H,25,29,30). The first-order chi connectivity index (χ1) is 15.3. The van der Waals surface area contributed by atoms with Gasteiger partial charge in [0.2, 0.25) is 0 Å². The molecule has 172 valence electrons. The van der Waals surface area contributed by atoms with E-state index in [1.165, 1.54) is 11.7 Å². The van der Waals surface area contributed by atoms with E-state index >= 15 is 0 Å². The summed E-state index contributed by atoms with van der Waals surface area (Å²) in [6.45, 7) is 7.11. The summed E-state index contributed by atoms with van der Waals surface area (Å²) in [7, 11) is 1.51. The van der Waals surface area contributed by atoms with E-state index in [-0.39, 0.29) is 18.8 Å². The molecule has 0 fully saturated rings. The first kappa shape index (κ1) is 23.3. The van der Waals surface area contributed by atoms with Crippen molar-refractivity contribution in [3.8, 4) is 11.5 Å². The number of hydrogen-bond donors (Lipinski definition) is 1. The number of carbonyl (C=O) groups is 1. The van der Waals surface area contributed by atoms with Gasteiger partial charge in [-0.25, -0.2) is 9.78 Å². The molecule has 9 nitrogen and oxygen atoms in total. The van der Waals surface area contributed by atoms with Gasteiger partial charge in [0.15, 0.2) is 22.7 Å². The third-order valence-electron chi connectivity index (χ3n) is 5.09. The summed E-state index contributed by atoms with van der Waals surface area (Å²) in [5.41, 5.74) is -0.204. The molecule has 0 aliphatic heterocycles. The first-order valence-electron chi connectivity index (χ1n) is 10.9. The monoisotopic (exact) mass is 442 g/mol. The van der Waals surface area contributed by atoms with Crippen LogP contribution >= 0.6 is 0 Å². The van der Waals surface area contributed by atoms with E-state index < -0.39 is 17.2 Å². The van der Waals surface area contributed by atoms with Crippen LogP contribution in [0, 0.1) is 5.92 Å². The number of methoxy groups -OCH3 is 1. The van der Waals surface area contributed by atoms with Crippen LogP contribution in [0.3, 0.4) is 0 Å². The summed E-state index contributed by atoms with van der Waals surface area (Å²) < 4.78 is 14.0. The molecule has 0 atom stereocenters. The topological polar surface area (TPSA) is 108 Å². The minimum absolute atomic E-state index is 0.0660. The zero-order valence-electron chi connectivity index (χ0n) is 19.0. The molecule has 0 saturated heterocycles. The van der Waals surface area contributed by atoms with E-state index in [1.807, 2.05) is 25.3 Å². The molecule has 32 heavy (non-hydrogen) atoms. The summed E-state index contributed by atoms with van der Waals surface area (Å²) in [6, 6.07) is 6.93. The molecular formula is C23H30N4O5. The number of fused-ring (bicyclic) bond motifs is 1. The highest BCUT2D eigenvalue weighted by atomic mass is 16.6. The zero-order chi connectivity index (χ0) is 23.3. The summed E-state index contributed by atoms with van der Waals surface area (Å²) in [5.74, 6) is 1.20. The van der Waals surface area contributed by atoms with Gasteiger partial charge in [-0.1, -0.05) is 39.3 Å². The number of nitrogens with one attached hydrogen (secondary N) is 1. The summed E-state index contributed by atoms with van der Waals surface area (Å²) in [4.78, 5) is 44.6. The summed E-state index contributed by atoms with van der Waals surface area (Å²) >= 11 is 0. The highest BCUT2D eigenvalue weighted by molar-refractivity contribution is 5.74. The molecule has 0 bridgehead atoms. The molecule has 3 rings (SSSR count). The fourth-order valence-electron chi connectivity index (χ4n) is 3.58. The Kier molecular flexibility index (Phi) is 7.50. The fourth-order valence-corrected chi connectivity index (χ4v) is 3.58. The maximum atomic E-state index is 12.7. The van der Waals surface area contributed by atoms with Crippen LogP contribution in [0.2, 0.25) is 0 Å². The van der Waals surface area contributed by atoms with Crippen molar-refractivity contribution in [1.82, 2.24) is 19.1 Å². The van der Waals surface area contributed by atoms with Crippen molar-refractivity contribution in [1.29, 1.82) is 0 Å². The van der Waals surface area contributed by atoms with Crippen molar-refractivity contribution >= 4 is 17.1 Å². The Balaban J connectivity index is 1.92. The molecule has 0 unspecified atom stereocenters. The van der Waals surface area contributed by atoms with E-state index in [0.717, 1.165) is 12.8 Å². The number of benzene rings is 1. The van der Waals surface area contributed by atoms with Crippen molar-refractivity contribution in [2.24, 2.45) is 5.92 Å². The lowest BCUT2D eigenvalue weighted by atomic mass is 10.2. The molecular weight excluding hydrogens is 412 g/mol. The molecule has 1 N–H and O–H groups in total. The van der Waals surface area contributed by atoms with Crippen LogP contribution in [0.25, 0.3) is 11.2 Å². The molecule has 0 saturated carbocycles. The molecule has 1 aromatic carbocycles. The van der Waals surface area contributed by atoms with Gasteiger partial charge < -0.3 is 14.0 Å². The van der Waals surface area contributed by atoms with Gasteiger partial charge in [-0.2, -0.15) is 0 Å². The van der Waals surface area contributed by atoms with E-state index in [1.54, 1.807) is 24.3 Å². The lowest BCUT2D eigenvalue weighted by molar-refractivity contribution is -0.134. The number of esters is 1. The zero-order valence-corrected chi connectivity index (χ0v) is 19.0. The second-order valence-corrected chi connectivity index (χ2v) is 8.09. The number of aryl methyl sites for hydroxylation is 2. The van der Waals surface area contributed by atoms with E-state index in [0.29, 0.717) is 41.6 Å². The van der Waals surface area contributed by atoms with Gasteiger partial charge in [0.25, 0.3) is 5.56 Å². The molecule has 3 aromatic rings. The first-order valence-corrected chi connectivity index (χ1v) is 10.9. The number of imidazole rings is 1. The van der Waals surface area contributed by atoms with Gasteiger partial charge in [0.1, 0.15) is 5.82 Å². The highest BCUT2D eigenvalue weighted by Gasteiger charge is 2.20. The van der Waals surface area contributed by atoms with Gasteiger partial charge in [-0.15, -0.1) is 0 Å². The normalized spacial score (nSPS) is 11.3. The predicted octanol–water partition coefficient (Wildman–Crippen LogP) is 2.89. The van der Waals surface area contributed by atoms with Crippen molar-refractivity contribution in [3.63, 3.8) is 0 Å². The molecule has 0 radical (unpaired) electrons. The van der Waals surface area contributed by atoms with Crippen LogP contribution in [0.1, 0.15) is 45.9 Å². The number of rotatable bonds is 10. The van der Waals surface area contributed by atoms with Crippen LogP contribution in [0.4, 0.5) is 0 Å². The quantitative estimate of drug-likeness (QED) is 0.382. The van der Waals surface area contributed by atoms with Crippen LogP contribution in [-0.4, -0.2) is 32.2 Å². The molecule has 2 heterocycles. The second-order valence-electron chi connectivity index (χ2n) is 8.09. The van der Waals surface area contributed by atoms with Crippen LogP contribution in [0.15, 0.2) is 33.9 Å². The summed E-state index contributed by atoms with van der Waals surface area (Å²) in [6.07, 6.45) is 2.04. The number of unbranched alkanes of at least 4 members (excludes halogenated alkanes) is 1. The number of hydrogen-bond acceptors (Lipinski definition) is 6. The summed E-state index contributed by atoms with van der Waals surface area (Å²) in [5, 5.41) is 0. The average Bonchev–Trinajstić information content (AvgIpc) is 3.10. The molecule has 0 amide bonds. The average molecular weight is 443 g/mol. The third kappa shape index (κ3) is 5.09. The van der Waals surface area contributed by atoms with Crippen LogP contribution < -0.4 is 20.7 Å². The van der Waals surface area contributed by atoms with Gasteiger partial charge >= 0.3 is 11.7 Å². The van der Waals surface area contributed by atoms with Crippen LogP contribution in [0.5, 0.6) is 11.5 Å². The van der Waals surface area contributed by atoms with Crippen molar-refractivity contribution in [2.75, 3.05) is 7.11 Å². The van der Waals surface area contributed by atoms with Crippen molar-refractivity contribution in [3.05, 3.63) is 50.9 Å². The molecule has 0 aliphatic carbocycles. The number of carbonyl (C=O) groups excluding carboxylic acids is 1. The maximum Gasteiger partial charge on any atom is 0.330 e. The lowest BCUT2D eigenvalue weighted by Crippen LogP contribution is -2.31. The number of aromatic nitrogens is 4. The smallest absolute Gasteiger partial charge is 0.330 e. The van der Waals surface area contributed by atoms with Gasteiger partial charge in [0, 0.05) is 19.5 Å². The second kappa shape index (κ2) is 10.3. The third-order valence-corrected chi connectivity index (χ3v) is 5.09. The molecule has 0 aliphatic rings. The minimum atomic E-state index is -0.465. The Hall–Kier alpha value is -3.36.